The Kier molecular flexibility index (Phi) is 6.75. The molecule has 0 aliphatic carbocycles. The normalized spacial score (nSPS) is 21.1. The molecule has 4 rings (SSSR count). The van der Waals surface area contributed by atoms with Gasteiger partial charge < -0.3 is 15.5 Å². The SMILES string of the molecule is Cc1cccc(C(=O)N2C[C@@H](C(N)=O)[C@H](C3CCN(c4ccc(C#N)c(C(F)(F)F)c4)CC3)C2)c1. The number of carbonyl (C=O) groups is 2. The number of piperidine rings is 1. The van der Waals surface area contributed by atoms with Gasteiger partial charge in [0.2, 0.25) is 5.91 Å². The fourth-order valence-corrected chi connectivity index (χ4v) is 5.38. The van der Waals surface area contributed by atoms with Crippen LogP contribution in [0.4, 0.5) is 18.9 Å². The number of nitriles is 1. The van der Waals surface area contributed by atoms with E-state index in [0.717, 1.165) is 11.6 Å². The third-order valence-electron chi connectivity index (χ3n) is 7.22. The molecular formula is C26H27F3N4O2. The zero-order chi connectivity index (χ0) is 25.3. The van der Waals surface area contributed by atoms with Crippen LogP contribution in [0.25, 0.3) is 0 Å². The zero-order valence-electron chi connectivity index (χ0n) is 19.4. The largest absolute Gasteiger partial charge is 0.417 e. The Morgan fingerprint density at radius 3 is 2.40 bits per heavy atom. The lowest BCUT2D eigenvalue weighted by Gasteiger charge is -2.37. The number of nitrogens with zero attached hydrogens (tertiary/aromatic N) is 3. The van der Waals surface area contributed by atoms with Crippen molar-refractivity contribution < 1.29 is 22.8 Å². The van der Waals surface area contributed by atoms with Crippen LogP contribution in [0, 0.1) is 36.0 Å². The average molecular weight is 485 g/mol. The van der Waals surface area contributed by atoms with Crippen LogP contribution in [0.15, 0.2) is 42.5 Å². The molecule has 2 amide bonds. The van der Waals surface area contributed by atoms with Crippen molar-refractivity contribution in [2.24, 2.45) is 23.5 Å². The van der Waals surface area contributed by atoms with Crippen molar-refractivity contribution >= 4 is 17.5 Å². The summed E-state index contributed by atoms with van der Waals surface area (Å²) < 4.78 is 40.1. The minimum Gasteiger partial charge on any atom is -0.372 e. The van der Waals surface area contributed by atoms with E-state index in [1.165, 1.54) is 12.1 Å². The number of benzene rings is 2. The topological polar surface area (TPSA) is 90.4 Å². The summed E-state index contributed by atoms with van der Waals surface area (Å²) in [7, 11) is 0. The van der Waals surface area contributed by atoms with Gasteiger partial charge in [-0.15, -0.1) is 0 Å². The number of aryl methyl sites for hydroxylation is 1. The molecule has 2 aliphatic heterocycles. The van der Waals surface area contributed by atoms with Gasteiger partial charge in [0.1, 0.15) is 0 Å². The van der Waals surface area contributed by atoms with Crippen molar-refractivity contribution in [1.29, 1.82) is 5.26 Å². The maximum absolute atomic E-state index is 13.4. The van der Waals surface area contributed by atoms with Gasteiger partial charge in [0, 0.05) is 37.4 Å². The number of carbonyl (C=O) groups excluding carboxylic acids is 2. The molecule has 0 aromatic heterocycles. The summed E-state index contributed by atoms with van der Waals surface area (Å²) in [5.41, 5.74) is 6.34. The second-order valence-corrected chi connectivity index (χ2v) is 9.42. The number of anilines is 1. The number of alkyl halides is 3. The molecule has 2 N–H and O–H groups in total. The van der Waals surface area contributed by atoms with E-state index >= 15 is 0 Å². The van der Waals surface area contributed by atoms with Crippen molar-refractivity contribution in [3.63, 3.8) is 0 Å². The van der Waals surface area contributed by atoms with Gasteiger partial charge in [-0.25, -0.2) is 0 Å². The van der Waals surface area contributed by atoms with E-state index in [2.05, 4.69) is 0 Å². The second-order valence-electron chi connectivity index (χ2n) is 9.42. The summed E-state index contributed by atoms with van der Waals surface area (Å²) in [4.78, 5) is 28.8. The van der Waals surface area contributed by atoms with Crippen LogP contribution in [0.3, 0.4) is 0 Å². The van der Waals surface area contributed by atoms with Gasteiger partial charge in [-0.05, 0) is 61.9 Å². The Balaban J connectivity index is 1.46. The van der Waals surface area contributed by atoms with E-state index in [1.807, 2.05) is 30.0 Å². The van der Waals surface area contributed by atoms with Crippen LogP contribution in [0.1, 0.15) is 39.9 Å². The summed E-state index contributed by atoms with van der Waals surface area (Å²) in [6, 6.07) is 12.7. The Morgan fingerprint density at radius 2 is 1.80 bits per heavy atom. The average Bonchev–Trinajstić information content (AvgIpc) is 3.29. The van der Waals surface area contributed by atoms with E-state index < -0.39 is 29.1 Å². The Morgan fingerprint density at radius 1 is 1.09 bits per heavy atom. The van der Waals surface area contributed by atoms with Crippen LogP contribution in [-0.2, 0) is 11.0 Å². The molecule has 2 heterocycles. The first-order valence-corrected chi connectivity index (χ1v) is 11.6. The molecular weight excluding hydrogens is 457 g/mol. The summed E-state index contributed by atoms with van der Waals surface area (Å²) in [6.07, 6.45) is -3.27. The molecule has 0 bridgehead atoms. The first-order valence-electron chi connectivity index (χ1n) is 11.6. The molecule has 2 aromatic rings. The molecule has 9 heteroatoms. The molecule has 2 atom stereocenters. The number of likely N-dealkylation sites (tertiary alicyclic amines) is 1. The summed E-state index contributed by atoms with van der Waals surface area (Å²) in [5.74, 6) is -0.974. The van der Waals surface area contributed by atoms with Crippen molar-refractivity contribution in [1.82, 2.24) is 4.90 Å². The molecule has 2 aromatic carbocycles. The zero-order valence-corrected chi connectivity index (χ0v) is 19.4. The van der Waals surface area contributed by atoms with Crippen LogP contribution >= 0.6 is 0 Å². The smallest absolute Gasteiger partial charge is 0.372 e. The maximum atomic E-state index is 13.4. The van der Waals surface area contributed by atoms with E-state index in [9.17, 15) is 22.8 Å². The van der Waals surface area contributed by atoms with Crippen molar-refractivity contribution in [3.8, 4) is 6.07 Å². The van der Waals surface area contributed by atoms with E-state index in [-0.39, 0.29) is 24.3 Å². The number of nitrogens with two attached hydrogens (primary N) is 1. The lowest BCUT2D eigenvalue weighted by atomic mass is 9.78. The summed E-state index contributed by atoms with van der Waals surface area (Å²) in [5, 5.41) is 9.03. The third kappa shape index (κ3) is 5.11. The molecule has 0 radical (unpaired) electrons. The number of primary amides is 1. The second kappa shape index (κ2) is 9.61. The highest BCUT2D eigenvalue weighted by Crippen LogP contribution is 2.39. The fraction of sp³-hybridized carbons (Fsp3) is 0.423. The van der Waals surface area contributed by atoms with Crippen molar-refractivity contribution in [3.05, 3.63) is 64.7 Å². The monoisotopic (exact) mass is 484 g/mol. The molecule has 6 nitrogen and oxygen atoms in total. The molecule has 0 saturated carbocycles. The van der Waals surface area contributed by atoms with Gasteiger partial charge >= 0.3 is 6.18 Å². The van der Waals surface area contributed by atoms with Crippen molar-refractivity contribution in [2.45, 2.75) is 25.9 Å². The molecule has 2 aliphatic rings. The maximum Gasteiger partial charge on any atom is 0.417 e. The predicted molar refractivity (Wildman–Crippen MR) is 124 cm³/mol. The third-order valence-corrected chi connectivity index (χ3v) is 7.22. The van der Waals surface area contributed by atoms with Crippen LogP contribution in [-0.4, -0.2) is 42.9 Å². The van der Waals surface area contributed by atoms with Crippen molar-refractivity contribution in [2.75, 3.05) is 31.1 Å². The molecule has 0 spiro atoms. The standard InChI is InChI=1S/C26H27F3N4O2/c1-16-3-2-4-18(11-16)25(35)33-14-21(22(15-33)24(31)34)17-7-9-32(10-8-17)20-6-5-19(13-30)23(12-20)26(27,28)29/h2-6,11-12,17,21-22H,7-10,14-15H2,1H3,(H2,31,34)/t21-,22+/m0/s1. The van der Waals surface area contributed by atoms with E-state index in [4.69, 9.17) is 11.0 Å². The first kappa shape index (κ1) is 24.6. The van der Waals surface area contributed by atoms with Gasteiger partial charge in [-0.2, -0.15) is 18.4 Å². The van der Waals surface area contributed by atoms with Gasteiger partial charge in [0.25, 0.3) is 5.91 Å². The summed E-state index contributed by atoms with van der Waals surface area (Å²) >= 11 is 0. The van der Waals surface area contributed by atoms with Gasteiger partial charge in [-0.3, -0.25) is 9.59 Å². The summed E-state index contributed by atoms with van der Waals surface area (Å²) in [6.45, 7) is 3.65. The van der Waals surface area contributed by atoms with E-state index in [1.54, 1.807) is 17.0 Å². The molecule has 2 saturated heterocycles. The van der Waals surface area contributed by atoms with E-state index in [0.29, 0.717) is 43.7 Å². The van der Waals surface area contributed by atoms with Crippen LogP contribution in [0.5, 0.6) is 0 Å². The molecule has 184 valence electrons. The van der Waals surface area contributed by atoms with Gasteiger partial charge in [0.05, 0.1) is 23.1 Å². The highest BCUT2D eigenvalue weighted by molar-refractivity contribution is 5.95. The molecule has 2 fully saturated rings. The Bertz CT molecular complexity index is 1170. The lowest BCUT2D eigenvalue weighted by molar-refractivity contribution is -0.137. The van der Waals surface area contributed by atoms with Crippen LogP contribution in [0.2, 0.25) is 0 Å². The van der Waals surface area contributed by atoms with Crippen LogP contribution < -0.4 is 10.6 Å². The molecule has 0 unspecified atom stereocenters. The quantitative estimate of drug-likeness (QED) is 0.711. The highest BCUT2D eigenvalue weighted by atomic mass is 19.4. The number of rotatable bonds is 4. The van der Waals surface area contributed by atoms with Gasteiger partial charge in [-0.1, -0.05) is 17.7 Å². The number of halogens is 3. The minimum atomic E-state index is -4.61. The van der Waals surface area contributed by atoms with Gasteiger partial charge in [0.15, 0.2) is 0 Å². The highest BCUT2D eigenvalue weighted by Gasteiger charge is 2.43. The lowest BCUT2D eigenvalue weighted by Crippen LogP contribution is -2.40. The Hall–Kier alpha value is -3.54. The first-order chi connectivity index (χ1) is 16.6. The number of hydrogen-bond donors (Lipinski definition) is 1. The predicted octanol–water partition coefficient (Wildman–Crippen LogP) is 3.98. The Labute approximate surface area is 202 Å². The number of hydrogen-bond acceptors (Lipinski definition) is 4. The number of amides is 2. The minimum absolute atomic E-state index is 0.0879. The molecule has 35 heavy (non-hydrogen) atoms. The fourth-order valence-electron chi connectivity index (χ4n) is 5.38.